The van der Waals surface area contributed by atoms with E-state index >= 15 is 0 Å². The smallest absolute Gasteiger partial charge is 0.0173 e. The second-order valence-corrected chi connectivity index (χ2v) is 7.53. The molecule has 0 unspecified atom stereocenters. The quantitative estimate of drug-likeness (QED) is 0.818. The third-order valence-corrected chi connectivity index (χ3v) is 4.97. The van der Waals surface area contributed by atoms with E-state index in [0.717, 1.165) is 18.8 Å². The fourth-order valence-electron chi connectivity index (χ4n) is 4.09. The molecule has 0 radical (unpaired) electrons. The first-order valence-corrected chi connectivity index (χ1v) is 7.35. The summed E-state index contributed by atoms with van der Waals surface area (Å²) in [5.74, 6) is 1.01. The van der Waals surface area contributed by atoms with E-state index in [0.29, 0.717) is 6.04 Å². The molecule has 0 amide bonds. The Morgan fingerprint density at radius 3 is 2.00 bits per heavy atom. The van der Waals surface area contributed by atoms with Gasteiger partial charge in [-0.1, -0.05) is 19.3 Å². The van der Waals surface area contributed by atoms with E-state index in [1.165, 1.54) is 32.2 Å². The molecular formula is C15H30N2. The van der Waals surface area contributed by atoms with Crippen molar-refractivity contribution in [2.45, 2.75) is 83.3 Å². The molecule has 0 aromatic carbocycles. The van der Waals surface area contributed by atoms with Gasteiger partial charge in [-0.3, -0.25) is 4.90 Å². The summed E-state index contributed by atoms with van der Waals surface area (Å²) in [5, 5.41) is 0. The van der Waals surface area contributed by atoms with Crippen LogP contribution in [-0.4, -0.2) is 28.6 Å². The highest BCUT2D eigenvalue weighted by Crippen LogP contribution is 2.39. The van der Waals surface area contributed by atoms with Crippen molar-refractivity contribution in [1.82, 2.24) is 4.90 Å². The fourth-order valence-corrected chi connectivity index (χ4v) is 4.09. The van der Waals surface area contributed by atoms with Crippen LogP contribution in [0.15, 0.2) is 0 Å². The van der Waals surface area contributed by atoms with Crippen LogP contribution in [0.1, 0.15) is 66.2 Å². The van der Waals surface area contributed by atoms with Crippen molar-refractivity contribution < 1.29 is 0 Å². The minimum atomic E-state index is 0.269. The van der Waals surface area contributed by atoms with E-state index in [9.17, 15) is 0 Å². The van der Waals surface area contributed by atoms with Gasteiger partial charge in [-0.15, -0.1) is 0 Å². The molecule has 0 spiro atoms. The number of hydrogen-bond donors (Lipinski definition) is 1. The zero-order valence-corrected chi connectivity index (χ0v) is 12.1. The lowest BCUT2D eigenvalue weighted by Gasteiger charge is -2.55. The normalized spacial score (nSPS) is 30.2. The van der Waals surface area contributed by atoms with Gasteiger partial charge in [0.2, 0.25) is 0 Å². The summed E-state index contributed by atoms with van der Waals surface area (Å²) in [5.41, 5.74) is 6.75. The summed E-state index contributed by atoms with van der Waals surface area (Å²) in [6.45, 7) is 10.7. The second-order valence-electron chi connectivity index (χ2n) is 7.53. The number of likely N-dealkylation sites (tertiary alicyclic amines) is 1. The second kappa shape index (κ2) is 4.55. The number of nitrogens with zero attached hydrogens (tertiary/aromatic N) is 1. The van der Waals surface area contributed by atoms with Gasteiger partial charge in [0.15, 0.2) is 0 Å². The molecule has 0 atom stereocenters. The Labute approximate surface area is 107 Å². The van der Waals surface area contributed by atoms with E-state index in [4.69, 9.17) is 5.73 Å². The van der Waals surface area contributed by atoms with E-state index < -0.39 is 0 Å². The third-order valence-electron chi connectivity index (χ3n) is 4.97. The topological polar surface area (TPSA) is 29.3 Å². The van der Waals surface area contributed by atoms with E-state index in [2.05, 4.69) is 32.6 Å². The third kappa shape index (κ3) is 2.85. The SMILES string of the molecule is CC1(C)CC(N)CC(C)(C)N1CCC1CCC1. The van der Waals surface area contributed by atoms with E-state index in [1.807, 2.05) is 0 Å². The zero-order chi connectivity index (χ0) is 12.7. The van der Waals surface area contributed by atoms with Crippen LogP contribution in [0.5, 0.6) is 0 Å². The lowest BCUT2D eigenvalue weighted by molar-refractivity contribution is -0.0399. The van der Waals surface area contributed by atoms with Crippen molar-refractivity contribution in [2.24, 2.45) is 11.7 Å². The van der Waals surface area contributed by atoms with Crippen molar-refractivity contribution >= 4 is 0 Å². The molecule has 17 heavy (non-hydrogen) atoms. The van der Waals surface area contributed by atoms with Gasteiger partial charge in [0.1, 0.15) is 0 Å². The van der Waals surface area contributed by atoms with Gasteiger partial charge in [0.05, 0.1) is 0 Å². The van der Waals surface area contributed by atoms with Crippen LogP contribution in [0, 0.1) is 5.92 Å². The highest BCUT2D eigenvalue weighted by Gasteiger charge is 2.44. The number of rotatable bonds is 3. The first-order valence-electron chi connectivity index (χ1n) is 7.35. The monoisotopic (exact) mass is 238 g/mol. The zero-order valence-electron chi connectivity index (χ0n) is 12.1. The average Bonchev–Trinajstić information content (AvgIpc) is 2.03. The fraction of sp³-hybridized carbons (Fsp3) is 1.00. The Bertz CT molecular complexity index is 248. The number of nitrogens with two attached hydrogens (primary N) is 1. The summed E-state index contributed by atoms with van der Waals surface area (Å²) in [7, 11) is 0. The Balaban J connectivity index is 1.99. The van der Waals surface area contributed by atoms with Crippen LogP contribution in [0.4, 0.5) is 0 Å². The van der Waals surface area contributed by atoms with Gasteiger partial charge >= 0.3 is 0 Å². The van der Waals surface area contributed by atoms with Crippen molar-refractivity contribution in [2.75, 3.05) is 6.54 Å². The maximum Gasteiger partial charge on any atom is 0.0173 e. The predicted molar refractivity (Wildman–Crippen MR) is 74.0 cm³/mol. The summed E-state index contributed by atoms with van der Waals surface area (Å²) >= 11 is 0. The van der Waals surface area contributed by atoms with Crippen LogP contribution in [0.2, 0.25) is 0 Å². The van der Waals surface area contributed by atoms with Gasteiger partial charge < -0.3 is 5.73 Å². The Hall–Kier alpha value is -0.0800. The van der Waals surface area contributed by atoms with Gasteiger partial charge in [-0.25, -0.2) is 0 Å². The van der Waals surface area contributed by atoms with Crippen LogP contribution in [-0.2, 0) is 0 Å². The molecule has 100 valence electrons. The predicted octanol–water partition coefficient (Wildman–Crippen LogP) is 3.16. The lowest BCUT2D eigenvalue weighted by atomic mass is 9.76. The van der Waals surface area contributed by atoms with Gasteiger partial charge in [-0.2, -0.15) is 0 Å². The molecule has 2 N–H and O–H groups in total. The van der Waals surface area contributed by atoms with Crippen LogP contribution < -0.4 is 5.73 Å². The molecule has 2 fully saturated rings. The highest BCUT2D eigenvalue weighted by atomic mass is 15.3. The summed E-state index contributed by atoms with van der Waals surface area (Å²) in [6.07, 6.45) is 8.06. The van der Waals surface area contributed by atoms with Gasteiger partial charge in [0, 0.05) is 17.1 Å². The molecule has 2 heteroatoms. The first kappa shape index (κ1) is 13.4. The van der Waals surface area contributed by atoms with Crippen molar-refractivity contribution in [3.8, 4) is 0 Å². The standard InChI is InChI=1S/C15H30N2/c1-14(2)10-13(16)11-15(3,4)17(14)9-8-12-6-5-7-12/h12-13H,5-11,16H2,1-4H3. The van der Waals surface area contributed by atoms with Crippen LogP contribution >= 0.6 is 0 Å². The molecule has 1 aliphatic carbocycles. The summed E-state index contributed by atoms with van der Waals surface area (Å²) in [4.78, 5) is 2.72. The summed E-state index contributed by atoms with van der Waals surface area (Å²) in [6, 6.07) is 0.375. The molecule has 1 aliphatic heterocycles. The van der Waals surface area contributed by atoms with E-state index in [-0.39, 0.29) is 11.1 Å². The molecular weight excluding hydrogens is 208 g/mol. The van der Waals surface area contributed by atoms with E-state index in [1.54, 1.807) is 0 Å². The molecule has 2 rings (SSSR count). The van der Waals surface area contributed by atoms with Gasteiger partial charge in [-0.05, 0) is 59.4 Å². The number of hydrogen-bond acceptors (Lipinski definition) is 2. The minimum Gasteiger partial charge on any atom is -0.328 e. The Kier molecular flexibility index (Phi) is 3.57. The molecule has 0 aromatic heterocycles. The van der Waals surface area contributed by atoms with Gasteiger partial charge in [0.25, 0.3) is 0 Å². The van der Waals surface area contributed by atoms with Crippen LogP contribution in [0.25, 0.3) is 0 Å². The van der Waals surface area contributed by atoms with Crippen molar-refractivity contribution in [1.29, 1.82) is 0 Å². The maximum absolute atomic E-state index is 6.21. The van der Waals surface area contributed by atoms with Crippen LogP contribution in [0.3, 0.4) is 0 Å². The molecule has 0 bridgehead atoms. The minimum absolute atomic E-state index is 0.269. The molecule has 2 nitrogen and oxygen atoms in total. The Morgan fingerprint density at radius 1 is 1.06 bits per heavy atom. The molecule has 1 saturated heterocycles. The molecule has 2 aliphatic rings. The molecule has 0 aromatic rings. The highest BCUT2D eigenvalue weighted by molar-refractivity contribution is 5.01. The maximum atomic E-state index is 6.21. The molecule has 1 saturated carbocycles. The largest absolute Gasteiger partial charge is 0.328 e. The molecule has 1 heterocycles. The first-order chi connectivity index (χ1) is 7.81. The van der Waals surface area contributed by atoms with Crippen molar-refractivity contribution in [3.63, 3.8) is 0 Å². The summed E-state index contributed by atoms with van der Waals surface area (Å²) < 4.78 is 0. The van der Waals surface area contributed by atoms with Crippen molar-refractivity contribution in [3.05, 3.63) is 0 Å². The lowest BCUT2D eigenvalue weighted by Crippen LogP contribution is -2.63. The average molecular weight is 238 g/mol. The Morgan fingerprint density at radius 2 is 1.59 bits per heavy atom. The number of piperidine rings is 1.